The Morgan fingerprint density at radius 3 is 2.21 bits per heavy atom. The van der Waals surface area contributed by atoms with E-state index in [1.165, 1.54) is 7.11 Å². The van der Waals surface area contributed by atoms with Gasteiger partial charge in [-0.3, -0.25) is 4.79 Å². The van der Waals surface area contributed by atoms with Crippen molar-refractivity contribution in [2.75, 3.05) is 53.0 Å². The molecule has 0 N–H and O–H groups in total. The van der Waals surface area contributed by atoms with E-state index >= 15 is 0 Å². The molecule has 0 saturated carbocycles. The summed E-state index contributed by atoms with van der Waals surface area (Å²) in [5, 5.41) is 0.351. The molecule has 0 atom stereocenters. The van der Waals surface area contributed by atoms with Gasteiger partial charge in [-0.1, -0.05) is 25.4 Å². The summed E-state index contributed by atoms with van der Waals surface area (Å²) in [6.07, 6.45) is 0. The maximum absolute atomic E-state index is 13.0. The van der Waals surface area contributed by atoms with Crippen molar-refractivity contribution in [3.63, 3.8) is 0 Å². The molecule has 0 bridgehead atoms. The second kappa shape index (κ2) is 10.6. The van der Waals surface area contributed by atoms with Crippen molar-refractivity contribution in [2.24, 2.45) is 5.92 Å². The number of hydrogen-bond acceptors (Lipinski definition) is 4. The number of benzene rings is 1. The van der Waals surface area contributed by atoms with Crippen LogP contribution in [0.3, 0.4) is 0 Å². The number of halogens is 1. The van der Waals surface area contributed by atoms with Gasteiger partial charge in [0.2, 0.25) is 0 Å². The van der Waals surface area contributed by atoms with Crippen molar-refractivity contribution in [1.82, 2.24) is 14.7 Å². The predicted molar refractivity (Wildman–Crippen MR) is 114 cm³/mol. The molecule has 1 saturated heterocycles. The molecule has 1 aliphatic heterocycles. The zero-order valence-corrected chi connectivity index (χ0v) is 18.8. The van der Waals surface area contributed by atoms with E-state index in [1.807, 2.05) is 27.7 Å². The van der Waals surface area contributed by atoms with Crippen molar-refractivity contribution in [3.8, 4) is 11.5 Å². The van der Waals surface area contributed by atoms with Crippen LogP contribution >= 0.6 is 11.6 Å². The van der Waals surface area contributed by atoms with E-state index in [0.717, 1.165) is 0 Å². The SMILES string of the molecule is CCN(CC)C(=O)N1CCN(C(=O)c2cc(Cl)c(OCC(C)C)c(OC)c2)CC1. The molecule has 0 spiro atoms. The van der Waals surface area contributed by atoms with Crippen LogP contribution in [-0.2, 0) is 0 Å². The highest BCUT2D eigenvalue weighted by Gasteiger charge is 2.27. The normalized spacial score (nSPS) is 14.2. The van der Waals surface area contributed by atoms with Gasteiger partial charge in [-0.05, 0) is 31.9 Å². The van der Waals surface area contributed by atoms with E-state index in [9.17, 15) is 9.59 Å². The highest BCUT2D eigenvalue weighted by Crippen LogP contribution is 2.37. The molecule has 1 heterocycles. The number of ether oxygens (including phenoxy) is 2. The van der Waals surface area contributed by atoms with Crippen molar-refractivity contribution in [3.05, 3.63) is 22.7 Å². The average molecular weight is 426 g/mol. The van der Waals surface area contributed by atoms with Crippen LogP contribution in [0.1, 0.15) is 38.1 Å². The van der Waals surface area contributed by atoms with E-state index in [4.69, 9.17) is 21.1 Å². The number of methoxy groups -OCH3 is 1. The van der Waals surface area contributed by atoms with Gasteiger partial charge in [0.15, 0.2) is 11.5 Å². The topological polar surface area (TPSA) is 62.3 Å². The Labute approximate surface area is 178 Å². The molecule has 162 valence electrons. The van der Waals surface area contributed by atoms with Gasteiger partial charge in [-0.25, -0.2) is 4.79 Å². The number of carbonyl (C=O) groups is 2. The number of urea groups is 1. The van der Waals surface area contributed by atoms with Gasteiger partial charge in [-0.15, -0.1) is 0 Å². The summed E-state index contributed by atoms with van der Waals surface area (Å²) in [4.78, 5) is 30.8. The third kappa shape index (κ3) is 5.69. The smallest absolute Gasteiger partial charge is 0.320 e. The van der Waals surface area contributed by atoms with Gasteiger partial charge in [0, 0.05) is 44.8 Å². The lowest BCUT2D eigenvalue weighted by Gasteiger charge is -2.37. The van der Waals surface area contributed by atoms with Crippen LogP contribution in [0.4, 0.5) is 4.79 Å². The molecular weight excluding hydrogens is 394 g/mol. The summed E-state index contributed by atoms with van der Waals surface area (Å²) >= 11 is 6.38. The minimum atomic E-state index is -0.129. The molecule has 8 heteroatoms. The molecule has 1 aromatic carbocycles. The third-order valence-electron chi connectivity index (χ3n) is 4.91. The number of nitrogens with zero attached hydrogens (tertiary/aromatic N) is 3. The largest absolute Gasteiger partial charge is 0.493 e. The fraction of sp³-hybridized carbons (Fsp3) is 0.619. The van der Waals surface area contributed by atoms with Crippen LogP contribution in [0.25, 0.3) is 0 Å². The quantitative estimate of drug-likeness (QED) is 0.669. The Balaban J connectivity index is 2.07. The monoisotopic (exact) mass is 425 g/mol. The van der Waals surface area contributed by atoms with Gasteiger partial charge >= 0.3 is 6.03 Å². The molecule has 29 heavy (non-hydrogen) atoms. The Bertz CT molecular complexity index is 714. The van der Waals surface area contributed by atoms with E-state index in [1.54, 1.807) is 26.8 Å². The maximum atomic E-state index is 13.0. The van der Waals surface area contributed by atoms with Crippen LogP contribution in [0.2, 0.25) is 5.02 Å². The first kappa shape index (κ1) is 23.1. The molecule has 3 amide bonds. The lowest BCUT2D eigenvalue weighted by atomic mass is 10.1. The van der Waals surface area contributed by atoms with Crippen molar-refractivity contribution in [2.45, 2.75) is 27.7 Å². The molecule has 0 aliphatic carbocycles. The molecule has 2 rings (SSSR count). The molecule has 1 fully saturated rings. The molecule has 0 radical (unpaired) electrons. The number of piperazine rings is 1. The van der Waals surface area contributed by atoms with Gasteiger partial charge in [0.05, 0.1) is 18.7 Å². The van der Waals surface area contributed by atoms with E-state index in [2.05, 4.69) is 0 Å². The molecule has 1 aliphatic rings. The average Bonchev–Trinajstić information content (AvgIpc) is 2.72. The zero-order chi connectivity index (χ0) is 21.6. The van der Waals surface area contributed by atoms with Crippen LogP contribution < -0.4 is 9.47 Å². The second-order valence-corrected chi connectivity index (χ2v) is 7.84. The molecule has 0 aromatic heterocycles. The number of amides is 3. The van der Waals surface area contributed by atoms with E-state index in [-0.39, 0.29) is 11.9 Å². The zero-order valence-electron chi connectivity index (χ0n) is 18.0. The van der Waals surface area contributed by atoms with Gasteiger partial charge in [0.1, 0.15) is 0 Å². The van der Waals surface area contributed by atoms with Crippen molar-refractivity contribution in [1.29, 1.82) is 0 Å². The number of rotatable bonds is 7. The summed E-state index contributed by atoms with van der Waals surface area (Å²) in [5.74, 6) is 1.11. The van der Waals surface area contributed by atoms with Crippen molar-refractivity contribution >= 4 is 23.5 Å². The van der Waals surface area contributed by atoms with Crippen molar-refractivity contribution < 1.29 is 19.1 Å². The first-order valence-corrected chi connectivity index (χ1v) is 10.5. The summed E-state index contributed by atoms with van der Waals surface area (Å²) in [6.45, 7) is 11.9. The summed E-state index contributed by atoms with van der Waals surface area (Å²) in [6, 6.07) is 3.31. The summed E-state index contributed by atoms with van der Waals surface area (Å²) in [7, 11) is 1.53. The fourth-order valence-corrected chi connectivity index (χ4v) is 3.48. The third-order valence-corrected chi connectivity index (χ3v) is 5.19. The Kier molecular flexibility index (Phi) is 8.44. The molecule has 7 nitrogen and oxygen atoms in total. The van der Waals surface area contributed by atoms with Crippen LogP contribution in [0, 0.1) is 5.92 Å². The van der Waals surface area contributed by atoms with E-state index in [0.29, 0.717) is 73.9 Å². The highest BCUT2D eigenvalue weighted by molar-refractivity contribution is 6.32. The Morgan fingerprint density at radius 1 is 1.10 bits per heavy atom. The molecule has 0 unspecified atom stereocenters. The predicted octanol–water partition coefficient (Wildman–Crippen LogP) is 3.60. The van der Waals surface area contributed by atoms with Crippen LogP contribution in [-0.4, -0.2) is 79.6 Å². The van der Waals surface area contributed by atoms with E-state index < -0.39 is 0 Å². The highest BCUT2D eigenvalue weighted by atomic mass is 35.5. The lowest BCUT2D eigenvalue weighted by Crippen LogP contribution is -2.54. The first-order valence-electron chi connectivity index (χ1n) is 10.2. The minimum Gasteiger partial charge on any atom is -0.493 e. The Hall–Kier alpha value is -2.15. The minimum absolute atomic E-state index is 0.0264. The standard InChI is InChI=1S/C21H32ClN3O4/c1-6-23(7-2)21(27)25-10-8-24(9-11-25)20(26)16-12-17(22)19(18(13-16)28-5)29-14-15(3)4/h12-13,15H,6-11,14H2,1-5H3. The molecular formula is C21H32ClN3O4. The number of carbonyl (C=O) groups excluding carboxylic acids is 2. The van der Waals surface area contributed by atoms with Gasteiger partial charge < -0.3 is 24.2 Å². The summed E-state index contributed by atoms with van der Waals surface area (Å²) in [5.41, 5.74) is 0.451. The number of hydrogen-bond donors (Lipinski definition) is 0. The van der Waals surface area contributed by atoms with Gasteiger partial charge in [-0.2, -0.15) is 0 Å². The van der Waals surface area contributed by atoms with Crippen LogP contribution in [0.5, 0.6) is 11.5 Å². The second-order valence-electron chi connectivity index (χ2n) is 7.43. The lowest BCUT2D eigenvalue weighted by molar-refractivity contribution is 0.0641. The summed E-state index contributed by atoms with van der Waals surface area (Å²) < 4.78 is 11.2. The first-order chi connectivity index (χ1) is 13.8. The van der Waals surface area contributed by atoms with Gasteiger partial charge in [0.25, 0.3) is 5.91 Å². The fourth-order valence-electron chi connectivity index (χ4n) is 3.21. The van der Waals surface area contributed by atoms with Crippen LogP contribution in [0.15, 0.2) is 12.1 Å². The Morgan fingerprint density at radius 2 is 1.69 bits per heavy atom. The maximum Gasteiger partial charge on any atom is 0.320 e. The molecule has 1 aromatic rings.